The fraction of sp³-hybridized carbons (Fsp3) is 0.378. The highest BCUT2D eigenvalue weighted by Crippen LogP contribution is 2.47. The summed E-state index contributed by atoms with van der Waals surface area (Å²) in [5.74, 6) is 1.12. The van der Waals surface area contributed by atoms with Gasteiger partial charge in [-0.25, -0.2) is 9.97 Å². The molecule has 4 fully saturated rings. The number of anilines is 2. The lowest BCUT2D eigenvalue weighted by atomic mass is 9.83. The molecule has 1 aliphatic carbocycles. The SMILES string of the molecule is Nc1ncnc2c(C3CCC(N4CCN(CC5CN(c6cccc7c6C(=O)N(C6CCC(=O)NC6=O)C7=O)C5)CC4)CC3)sc(-c3ccc(Oc4ccccc4)cc3)c12. The van der Waals surface area contributed by atoms with Gasteiger partial charge in [0.05, 0.1) is 27.7 Å². The predicted octanol–water partition coefficient (Wildman–Crippen LogP) is 5.91. The number of hydrogen-bond acceptors (Lipinski definition) is 12. The van der Waals surface area contributed by atoms with Gasteiger partial charge in [-0.3, -0.25) is 34.3 Å². The van der Waals surface area contributed by atoms with E-state index in [1.54, 1.807) is 18.5 Å². The Morgan fingerprint density at radius 3 is 2.29 bits per heavy atom. The number of piperazine rings is 1. The van der Waals surface area contributed by atoms with Crippen LogP contribution in [0.4, 0.5) is 11.5 Å². The predicted molar refractivity (Wildman–Crippen MR) is 226 cm³/mol. The molecule has 2 aromatic heterocycles. The highest BCUT2D eigenvalue weighted by atomic mass is 32.1. The zero-order valence-corrected chi connectivity index (χ0v) is 33.5. The summed E-state index contributed by atoms with van der Waals surface area (Å²) in [6.07, 6.45) is 6.40. The first-order valence-electron chi connectivity index (χ1n) is 20.7. The second-order valence-corrected chi connectivity index (χ2v) is 17.5. The van der Waals surface area contributed by atoms with Gasteiger partial charge in [0.1, 0.15) is 29.7 Å². The lowest BCUT2D eigenvalue weighted by Gasteiger charge is -2.46. The molecule has 4 amide bonds. The third-order valence-electron chi connectivity index (χ3n) is 12.9. The normalized spacial score (nSPS) is 23.1. The molecule has 5 aliphatic rings. The molecule has 0 spiro atoms. The minimum Gasteiger partial charge on any atom is -0.457 e. The van der Waals surface area contributed by atoms with Gasteiger partial charge in [-0.05, 0) is 92.1 Å². The largest absolute Gasteiger partial charge is 0.457 e. The number of para-hydroxylation sites is 1. The Bertz CT molecular complexity index is 2440. The third-order valence-corrected chi connectivity index (χ3v) is 14.3. The van der Waals surface area contributed by atoms with E-state index >= 15 is 0 Å². The summed E-state index contributed by atoms with van der Waals surface area (Å²) in [6.45, 7) is 6.82. The zero-order chi connectivity index (χ0) is 40.2. The van der Waals surface area contributed by atoms with Crippen LogP contribution in [0.3, 0.4) is 0 Å². The first-order chi connectivity index (χ1) is 28.8. The summed E-state index contributed by atoms with van der Waals surface area (Å²) in [5.41, 5.74) is 10.0. The number of benzene rings is 3. The van der Waals surface area contributed by atoms with Crippen molar-refractivity contribution in [1.82, 2.24) is 30.0 Å². The standard InChI is InChI=1S/C45H46N8O5S/c46-42-38-39(47-26-48-42)41(59-40(38)28-11-15-32(16-12-28)58-31-5-2-1-3-6-31)29-9-13-30(14-10-29)51-21-19-50(20-22-51)23-27-24-52(25-27)34-8-4-7-33-37(34)45(57)53(44(33)56)35-17-18-36(54)49-43(35)55/h1-8,11-12,15-16,26-27,29-30,35H,9-10,13-14,17-25H2,(H2,46,47,48)(H,49,54,55). The van der Waals surface area contributed by atoms with E-state index in [4.69, 9.17) is 15.5 Å². The van der Waals surface area contributed by atoms with Gasteiger partial charge in [-0.1, -0.05) is 24.3 Å². The first-order valence-corrected chi connectivity index (χ1v) is 21.5. The molecule has 0 radical (unpaired) electrons. The number of rotatable bonds is 9. The molecule has 1 unspecified atom stereocenters. The Kier molecular flexibility index (Phi) is 9.85. The first kappa shape index (κ1) is 37.6. The second kappa shape index (κ2) is 15.5. The number of piperidine rings is 1. The highest BCUT2D eigenvalue weighted by Gasteiger charge is 2.47. The molecule has 302 valence electrons. The summed E-state index contributed by atoms with van der Waals surface area (Å²) < 4.78 is 6.04. The van der Waals surface area contributed by atoms with Crippen LogP contribution in [0.25, 0.3) is 21.3 Å². The fourth-order valence-corrected chi connectivity index (χ4v) is 11.3. The van der Waals surface area contributed by atoms with E-state index in [2.05, 4.69) is 37.1 Å². The maximum atomic E-state index is 13.6. The molecule has 4 aliphatic heterocycles. The number of hydrogen-bond donors (Lipinski definition) is 2. The highest BCUT2D eigenvalue weighted by molar-refractivity contribution is 7.17. The number of nitrogens with two attached hydrogens (primary N) is 1. The van der Waals surface area contributed by atoms with Crippen LogP contribution < -0.4 is 20.7 Å². The minimum atomic E-state index is -0.966. The van der Waals surface area contributed by atoms with Crippen molar-refractivity contribution in [2.24, 2.45) is 5.92 Å². The van der Waals surface area contributed by atoms with Gasteiger partial charge >= 0.3 is 0 Å². The Labute approximate surface area is 346 Å². The van der Waals surface area contributed by atoms with Crippen LogP contribution in [0, 0.1) is 5.92 Å². The van der Waals surface area contributed by atoms with Gasteiger partial charge in [0.15, 0.2) is 0 Å². The van der Waals surface area contributed by atoms with Gasteiger partial charge < -0.3 is 20.3 Å². The van der Waals surface area contributed by atoms with Crippen LogP contribution in [0.2, 0.25) is 0 Å². The van der Waals surface area contributed by atoms with Crippen LogP contribution in [0.5, 0.6) is 11.5 Å². The average Bonchev–Trinajstić information content (AvgIpc) is 3.76. The fourth-order valence-electron chi connectivity index (χ4n) is 9.82. The van der Waals surface area contributed by atoms with E-state index in [9.17, 15) is 19.2 Å². The zero-order valence-electron chi connectivity index (χ0n) is 32.7. The van der Waals surface area contributed by atoms with Gasteiger partial charge in [0.25, 0.3) is 11.8 Å². The average molecular weight is 811 g/mol. The molecule has 1 saturated carbocycles. The van der Waals surface area contributed by atoms with Crippen LogP contribution in [0.1, 0.15) is 70.0 Å². The van der Waals surface area contributed by atoms with Gasteiger partial charge in [0.2, 0.25) is 11.8 Å². The van der Waals surface area contributed by atoms with Crippen LogP contribution in [-0.2, 0) is 9.59 Å². The smallest absolute Gasteiger partial charge is 0.264 e. The summed E-state index contributed by atoms with van der Waals surface area (Å²) >= 11 is 1.81. The molecule has 14 heteroatoms. The van der Waals surface area contributed by atoms with Crippen molar-refractivity contribution in [1.29, 1.82) is 0 Å². The van der Waals surface area contributed by atoms with Gasteiger partial charge in [-0.15, -0.1) is 11.3 Å². The number of nitrogens with zero attached hydrogens (tertiary/aromatic N) is 6. The molecule has 1 atom stereocenters. The molecule has 13 nitrogen and oxygen atoms in total. The van der Waals surface area contributed by atoms with Crippen molar-refractivity contribution in [2.75, 3.05) is 56.4 Å². The van der Waals surface area contributed by atoms with Crippen molar-refractivity contribution in [3.8, 4) is 21.9 Å². The Hall–Kier alpha value is -5.70. The van der Waals surface area contributed by atoms with E-state index in [-0.39, 0.29) is 18.7 Å². The molecule has 3 N–H and O–H groups in total. The number of aromatic nitrogens is 2. The second-order valence-electron chi connectivity index (χ2n) is 16.5. The Morgan fingerprint density at radius 1 is 0.797 bits per heavy atom. The molecular weight excluding hydrogens is 765 g/mol. The molecule has 10 rings (SSSR count). The molecule has 5 aromatic rings. The van der Waals surface area contributed by atoms with Crippen molar-refractivity contribution >= 4 is 57.4 Å². The minimum absolute atomic E-state index is 0.102. The third kappa shape index (κ3) is 7.02. The summed E-state index contributed by atoms with van der Waals surface area (Å²) in [4.78, 5) is 71.3. The van der Waals surface area contributed by atoms with E-state index in [1.165, 1.54) is 4.88 Å². The summed E-state index contributed by atoms with van der Waals surface area (Å²) in [6, 6.07) is 23.0. The number of fused-ring (bicyclic) bond motifs is 2. The summed E-state index contributed by atoms with van der Waals surface area (Å²) in [7, 11) is 0. The van der Waals surface area contributed by atoms with E-state index in [0.717, 1.165) is 115 Å². The molecule has 3 saturated heterocycles. The van der Waals surface area contributed by atoms with Crippen LogP contribution in [-0.4, -0.2) is 106 Å². The van der Waals surface area contributed by atoms with Crippen molar-refractivity contribution < 1.29 is 23.9 Å². The van der Waals surface area contributed by atoms with Crippen molar-refractivity contribution in [2.45, 2.75) is 56.5 Å². The lowest BCUT2D eigenvalue weighted by molar-refractivity contribution is -0.136. The molecular formula is C45H46N8O5S. The monoisotopic (exact) mass is 810 g/mol. The number of nitrogens with one attached hydrogen (secondary N) is 1. The molecule has 3 aromatic carbocycles. The van der Waals surface area contributed by atoms with Crippen molar-refractivity contribution in [3.63, 3.8) is 0 Å². The molecule has 0 bridgehead atoms. The van der Waals surface area contributed by atoms with E-state index in [0.29, 0.717) is 34.8 Å². The number of imide groups is 2. The lowest BCUT2D eigenvalue weighted by Crippen LogP contribution is -2.56. The molecule has 59 heavy (non-hydrogen) atoms. The van der Waals surface area contributed by atoms with Crippen LogP contribution >= 0.6 is 11.3 Å². The van der Waals surface area contributed by atoms with Crippen molar-refractivity contribution in [3.05, 3.63) is 95.1 Å². The maximum Gasteiger partial charge on any atom is 0.264 e. The number of thiophene rings is 1. The van der Waals surface area contributed by atoms with Gasteiger partial charge in [0, 0.05) is 73.9 Å². The number of carbonyl (C=O) groups excluding carboxylic acids is 4. The van der Waals surface area contributed by atoms with Crippen LogP contribution in [0.15, 0.2) is 79.1 Å². The topological polar surface area (TPSA) is 154 Å². The molecule has 6 heterocycles. The van der Waals surface area contributed by atoms with Gasteiger partial charge in [-0.2, -0.15) is 0 Å². The summed E-state index contributed by atoms with van der Waals surface area (Å²) in [5, 5.41) is 3.22. The number of nitrogen functional groups attached to an aromatic ring is 1. The van der Waals surface area contributed by atoms with E-state index in [1.807, 2.05) is 59.9 Å². The maximum absolute atomic E-state index is 13.6. The quantitative estimate of drug-likeness (QED) is 0.171. The number of ether oxygens (including phenoxy) is 1. The number of carbonyl (C=O) groups is 4. The number of amides is 4. The van der Waals surface area contributed by atoms with E-state index < -0.39 is 23.8 Å². The Morgan fingerprint density at radius 2 is 1.54 bits per heavy atom. The Balaban J connectivity index is 0.724.